The smallest absolute Gasteiger partial charge is 0.433 e. The molecule has 30 heavy (non-hydrogen) atoms. The van der Waals surface area contributed by atoms with Crippen molar-refractivity contribution in [2.45, 2.75) is 32.4 Å². The maximum atomic E-state index is 12.9. The number of hydrogen-bond donors (Lipinski definition) is 0. The number of rotatable bonds is 7. The van der Waals surface area contributed by atoms with E-state index in [4.69, 9.17) is 4.74 Å². The molecule has 162 valence electrons. The maximum absolute atomic E-state index is 12.9. The zero-order valence-corrected chi connectivity index (χ0v) is 16.9. The topological polar surface area (TPSA) is 58.6 Å². The molecule has 1 aromatic heterocycles. The highest BCUT2D eigenvalue weighted by atomic mass is 19.4. The van der Waals surface area contributed by atoms with E-state index in [-0.39, 0.29) is 11.7 Å². The molecule has 0 radical (unpaired) electrons. The van der Waals surface area contributed by atoms with Gasteiger partial charge in [-0.1, -0.05) is 19.8 Å². The molecule has 1 amide bonds. The van der Waals surface area contributed by atoms with Gasteiger partial charge in [0.2, 0.25) is 0 Å². The Morgan fingerprint density at radius 1 is 1.07 bits per heavy atom. The average Bonchev–Trinajstić information content (AvgIpc) is 2.76. The van der Waals surface area contributed by atoms with Crippen LogP contribution in [0.3, 0.4) is 0 Å². The SMILES string of the molecule is CCCCCOc1ccc(C(=O)N2CCN(c3cc(C(F)(F)F)ncn3)CC2)cc1. The number of amides is 1. The van der Waals surface area contributed by atoms with Crippen LogP contribution in [0.15, 0.2) is 36.7 Å². The van der Waals surface area contributed by atoms with Crippen LogP contribution in [0.2, 0.25) is 0 Å². The fourth-order valence-electron chi connectivity index (χ4n) is 3.23. The number of halogens is 3. The summed E-state index contributed by atoms with van der Waals surface area (Å²) in [6.45, 7) is 4.39. The largest absolute Gasteiger partial charge is 0.494 e. The van der Waals surface area contributed by atoms with Crippen LogP contribution in [0.25, 0.3) is 0 Å². The van der Waals surface area contributed by atoms with Crippen LogP contribution in [0.4, 0.5) is 19.0 Å². The van der Waals surface area contributed by atoms with Gasteiger partial charge in [-0.15, -0.1) is 0 Å². The Bertz CT molecular complexity index is 835. The lowest BCUT2D eigenvalue weighted by atomic mass is 10.1. The van der Waals surface area contributed by atoms with Gasteiger partial charge in [-0.2, -0.15) is 13.2 Å². The second-order valence-corrected chi connectivity index (χ2v) is 7.12. The number of benzene rings is 1. The van der Waals surface area contributed by atoms with Crippen LogP contribution >= 0.6 is 0 Å². The fraction of sp³-hybridized carbons (Fsp3) is 0.476. The zero-order valence-electron chi connectivity index (χ0n) is 16.9. The highest BCUT2D eigenvalue weighted by molar-refractivity contribution is 5.94. The normalized spacial score (nSPS) is 14.7. The minimum Gasteiger partial charge on any atom is -0.494 e. The number of piperazine rings is 1. The summed E-state index contributed by atoms with van der Waals surface area (Å²) in [5.41, 5.74) is -0.409. The summed E-state index contributed by atoms with van der Waals surface area (Å²) in [6.07, 6.45) is -0.346. The third-order valence-corrected chi connectivity index (χ3v) is 4.95. The van der Waals surface area contributed by atoms with Crippen molar-refractivity contribution in [3.63, 3.8) is 0 Å². The van der Waals surface area contributed by atoms with E-state index in [0.717, 1.165) is 37.4 Å². The number of nitrogens with zero attached hydrogens (tertiary/aromatic N) is 4. The standard InChI is InChI=1S/C21H25F3N4O2/c1-2-3-4-13-30-17-7-5-16(6-8-17)20(29)28-11-9-27(10-12-28)19-14-18(21(22,23)24)25-15-26-19/h5-8,14-15H,2-4,9-13H2,1H3. The molecule has 0 aliphatic carbocycles. The van der Waals surface area contributed by atoms with Crippen LogP contribution in [0.1, 0.15) is 42.2 Å². The first-order chi connectivity index (χ1) is 14.4. The number of anilines is 1. The van der Waals surface area contributed by atoms with Gasteiger partial charge in [-0.05, 0) is 30.7 Å². The molecule has 6 nitrogen and oxygen atoms in total. The Morgan fingerprint density at radius 2 is 1.77 bits per heavy atom. The lowest BCUT2D eigenvalue weighted by Gasteiger charge is -2.35. The summed E-state index contributed by atoms with van der Waals surface area (Å²) in [6, 6.07) is 7.99. The van der Waals surface area contributed by atoms with Gasteiger partial charge in [0.25, 0.3) is 5.91 Å². The van der Waals surface area contributed by atoms with E-state index in [9.17, 15) is 18.0 Å². The predicted molar refractivity (Wildman–Crippen MR) is 107 cm³/mol. The van der Waals surface area contributed by atoms with E-state index < -0.39 is 11.9 Å². The summed E-state index contributed by atoms with van der Waals surface area (Å²) < 4.78 is 44.2. The van der Waals surface area contributed by atoms with Crippen molar-refractivity contribution in [3.05, 3.63) is 47.9 Å². The lowest BCUT2D eigenvalue weighted by molar-refractivity contribution is -0.141. The predicted octanol–water partition coefficient (Wildman–Crippen LogP) is 4.03. The van der Waals surface area contributed by atoms with E-state index in [1.165, 1.54) is 0 Å². The zero-order chi connectivity index (χ0) is 21.6. The van der Waals surface area contributed by atoms with Crippen molar-refractivity contribution < 1.29 is 22.7 Å². The minimum atomic E-state index is -4.51. The third kappa shape index (κ3) is 5.61. The quantitative estimate of drug-likeness (QED) is 0.631. The summed E-state index contributed by atoms with van der Waals surface area (Å²) in [5, 5.41) is 0. The van der Waals surface area contributed by atoms with Gasteiger partial charge in [0.15, 0.2) is 0 Å². The van der Waals surface area contributed by atoms with Crippen LogP contribution < -0.4 is 9.64 Å². The Labute approximate surface area is 173 Å². The number of ether oxygens (including phenoxy) is 1. The van der Waals surface area contributed by atoms with Gasteiger partial charge in [0.05, 0.1) is 6.61 Å². The number of unbranched alkanes of at least 4 members (excludes halogenated alkanes) is 2. The minimum absolute atomic E-state index is 0.106. The molecule has 0 spiro atoms. The first-order valence-electron chi connectivity index (χ1n) is 10.0. The summed E-state index contributed by atoms with van der Waals surface area (Å²) in [5.74, 6) is 0.844. The molecule has 1 aliphatic heterocycles. The molecule has 1 aliphatic rings. The van der Waals surface area contributed by atoms with E-state index >= 15 is 0 Å². The fourth-order valence-corrected chi connectivity index (χ4v) is 3.23. The molecular weight excluding hydrogens is 397 g/mol. The molecule has 9 heteroatoms. The van der Waals surface area contributed by atoms with Gasteiger partial charge in [-0.25, -0.2) is 9.97 Å². The average molecular weight is 422 g/mol. The van der Waals surface area contributed by atoms with Gasteiger partial charge in [0, 0.05) is 37.8 Å². The molecule has 1 fully saturated rings. The van der Waals surface area contributed by atoms with Gasteiger partial charge in [0.1, 0.15) is 23.6 Å². The van der Waals surface area contributed by atoms with Crippen molar-refractivity contribution in [2.75, 3.05) is 37.7 Å². The molecule has 0 bridgehead atoms. The van der Waals surface area contributed by atoms with Gasteiger partial charge in [-0.3, -0.25) is 4.79 Å². The van der Waals surface area contributed by atoms with E-state index in [1.54, 1.807) is 34.1 Å². The van der Waals surface area contributed by atoms with Gasteiger partial charge >= 0.3 is 6.18 Å². The highest BCUT2D eigenvalue weighted by Crippen LogP contribution is 2.29. The summed E-state index contributed by atoms with van der Waals surface area (Å²) >= 11 is 0. The third-order valence-electron chi connectivity index (χ3n) is 4.95. The molecule has 0 atom stereocenters. The molecule has 0 unspecified atom stereocenters. The number of hydrogen-bond acceptors (Lipinski definition) is 5. The van der Waals surface area contributed by atoms with Crippen molar-refractivity contribution in [1.29, 1.82) is 0 Å². The van der Waals surface area contributed by atoms with Crippen LogP contribution in [-0.2, 0) is 6.18 Å². The van der Waals surface area contributed by atoms with E-state index in [1.807, 2.05) is 0 Å². The Hall–Kier alpha value is -2.84. The van der Waals surface area contributed by atoms with Crippen molar-refractivity contribution in [1.82, 2.24) is 14.9 Å². The van der Waals surface area contributed by atoms with E-state index in [2.05, 4.69) is 16.9 Å². The first kappa shape index (κ1) is 21.9. The van der Waals surface area contributed by atoms with Crippen LogP contribution in [-0.4, -0.2) is 53.6 Å². The molecule has 2 aromatic rings. The Kier molecular flexibility index (Phi) is 7.12. The maximum Gasteiger partial charge on any atom is 0.433 e. The number of aromatic nitrogens is 2. The number of alkyl halides is 3. The van der Waals surface area contributed by atoms with Crippen molar-refractivity contribution in [2.24, 2.45) is 0 Å². The first-order valence-corrected chi connectivity index (χ1v) is 10.0. The summed E-state index contributed by atoms with van der Waals surface area (Å²) in [7, 11) is 0. The molecular formula is C21H25F3N4O2. The lowest BCUT2D eigenvalue weighted by Crippen LogP contribution is -2.49. The highest BCUT2D eigenvalue weighted by Gasteiger charge is 2.33. The van der Waals surface area contributed by atoms with Crippen molar-refractivity contribution in [3.8, 4) is 5.75 Å². The van der Waals surface area contributed by atoms with Crippen molar-refractivity contribution >= 4 is 11.7 Å². The van der Waals surface area contributed by atoms with E-state index in [0.29, 0.717) is 38.3 Å². The molecule has 1 saturated heterocycles. The molecule has 2 heterocycles. The number of carbonyl (C=O) groups is 1. The van der Waals surface area contributed by atoms with Crippen LogP contribution in [0.5, 0.6) is 5.75 Å². The van der Waals surface area contributed by atoms with Gasteiger partial charge < -0.3 is 14.5 Å². The second kappa shape index (κ2) is 9.77. The van der Waals surface area contributed by atoms with Crippen LogP contribution in [0, 0.1) is 0 Å². The number of carbonyl (C=O) groups excluding carboxylic acids is 1. The monoisotopic (exact) mass is 422 g/mol. The molecule has 3 rings (SSSR count). The molecule has 1 aromatic carbocycles. The molecule has 0 saturated carbocycles. The second-order valence-electron chi connectivity index (χ2n) is 7.12. The molecule has 0 N–H and O–H groups in total. The summed E-state index contributed by atoms with van der Waals surface area (Å²) in [4.78, 5) is 23.4. The Balaban J connectivity index is 1.54. The Morgan fingerprint density at radius 3 is 2.40 bits per heavy atom.